The largest absolute Gasteiger partial charge is 0.367 e. The van der Waals surface area contributed by atoms with Gasteiger partial charge in [-0.2, -0.15) is 10.4 Å². The Labute approximate surface area is 121 Å². The molecule has 0 unspecified atom stereocenters. The maximum absolute atomic E-state index is 9.02. The number of nitriles is 1. The number of nitrogens with zero attached hydrogens (tertiary/aromatic N) is 4. The van der Waals surface area contributed by atoms with Crippen molar-refractivity contribution in [3.63, 3.8) is 0 Å². The minimum Gasteiger partial charge on any atom is -0.367 e. The summed E-state index contributed by atoms with van der Waals surface area (Å²) in [5, 5.41) is 20.5. The minimum atomic E-state index is 0.254. The van der Waals surface area contributed by atoms with Crippen molar-refractivity contribution in [1.29, 1.82) is 5.26 Å². The molecule has 104 valence electrons. The molecule has 0 saturated heterocycles. The van der Waals surface area contributed by atoms with Crippen LogP contribution in [-0.4, -0.2) is 26.2 Å². The number of fused-ring (bicyclic) bond motifs is 1. The second kappa shape index (κ2) is 5.21. The highest BCUT2D eigenvalue weighted by Gasteiger charge is 2.15. The van der Waals surface area contributed by atoms with Crippen LogP contribution >= 0.6 is 0 Å². The lowest BCUT2D eigenvalue weighted by Crippen LogP contribution is -2.11. The second-order valence-electron chi connectivity index (χ2n) is 4.99. The first-order valence-corrected chi connectivity index (χ1v) is 6.65. The molecule has 0 fully saturated rings. The molecule has 6 heteroatoms. The molecule has 0 saturated carbocycles. The number of H-pyrrole nitrogens is 1. The van der Waals surface area contributed by atoms with Crippen molar-refractivity contribution in [2.24, 2.45) is 0 Å². The van der Waals surface area contributed by atoms with Crippen LogP contribution < -0.4 is 5.32 Å². The van der Waals surface area contributed by atoms with Gasteiger partial charge in [-0.05, 0) is 32.0 Å². The number of hydrogen-bond donors (Lipinski definition) is 2. The van der Waals surface area contributed by atoms with Crippen LogP contribution in [0.3, 0.4) is 0 Å². The Morgan fingerprint density at radius 2 is 2.05 bits per heavy atom. The van der Waals surface area contributed by atoms with E-state index in [4.69, 9.17) is 5.26 Å². The van der Waals surface area contributed by atoms with Crippen molar-refractivity contribution < 1.29 is 0 Å². The first-order chi connectivity index (χ1) is 10.2. The molecule has 0 aliphatic rings. The van der Waals surface area contributed by atoms with E-state index in [1.54, 1.807) is 24.5 Å². The van der Waals surface area contributed by atoms with Gasteiger partial charge in [0.05, 0.1) is 28.2 Å². The fourth-order valence-electron chi connectivity index (χ4n) is 2.16. The van der Waals surface area contributed by atoms with Gasteiger partial charge in [0.15, 0.2) is 0 Å². The maximum Gasteiger partial charge on any atom is 0.137 e. The summed E-state index contributed by atoms with van der Waals surface area (Å²) >= 11 is 0. The Balaban J connectivity index is 2.21. The van der Waals surface area contributed by atoms with Crippen molar-refractivity contribution in [2.75, 3.05) is 5.32 Å². The lowest BCUT2D eigenvalue weighted by molar-refractivity contribution is 0.892. The summed E-state index contributed by atoms with van der Waals surface area (Å²) in [5.41, 5.74) is 2.78. The number of aromatic amines is 1. The first-order valence-electron chi connectivity index (χ1n) is 6.65. The van der Waals surface area contributed by atoms with Gasteiger partial charge in [-0.3, -0.25) is 10.1 Å². The normalized spacial score (nSPS) is 10.8. The van der Waals surface area contributed by atoms with Gasteiger partial charge >= 0.3 is 0 Å². The average Bonchev–Trinajstić information content (AvgIpc) is 2.92. The van der Waals surface area contributed by atoms with E-state index in [9.17, 15) is 0 Å². The average molecular weight is 278 g/mol. The molecule has 0 bridgehead atoms. The number of aromatic nitrogens is 4. The second-order valence-corrected chi connectivity index (χ2v) is 4.99. The lowest BCUT2D eigenvalue weighted by atomic mass is 10.1. The molecular weight excluding hydrogens is 264 g/mol. The van der Waals surface area contributed by atoms with Crippen LogP contribution in [-0.2, 0) is 0 Å². The molecule has 2 N–H and O–H groups in total. The topological polar surface area (TPSA) is 90.3 Å². The third-order valence-electron chi connectivity index (χ3n) is 3.03. The first kappa shape index (κ1) is 13.1. The number of hydrogen-bond acceptors (Lipinski definition) is 5. The van der Waals surface area contributed by atoms with Crippen LogP contribution in [0.2, 0.25) is 0 Å². The molecule has 0 aromatic carbocycles. The number of nitrogens with one attached hydrogen (secondary N) is 2. The van der Waals surface area contributed by atoms with Crippen LogP contribution in [0.25, 0.3) is 22.3 Å². The fraction of sp³-hybridized carbons (Fsp3) is 0.200. The molecule has 0 radical (unpaired) electrons. The fourth-order valence-corrected chi connectivity index (χ4v) is 2.16. The standard InChI is InChI=1S/C15H14N6/c1-9(2)19-15-13-11(4-6-18-15)20-21-14(13)12-7-10(8-16)3-5-17-12/h3-7,9H,1-2H3,(H,18,19)(H,20,21). The summed E-state index contributed by atoms with van der Waals surface area (Å²) in [7, 11) is 0. The Kier molecular flexibility index (Phi) is 3.24. The van der Waals surface area contributed by atoms with Crippen molar-refractivity contribution >= 4 is 16.7 Å². The molecule has 3 aromatic rings. The molecule has 0 aliphatic heterocycles. The van der Waals surface area contributed by atoms with Crippen molar-refractivity contribution in [1.82, 2.24) is 20.2 Å². The number of pyridine rings is 2. The summed E-state index contributed by atoms with van der Waals surface area (Å²) in [6, 6.07) is 7.63. The lowest BCUT2D eigenvalue weighted by Gasteiger charge is -2.10. The van der Waals surface area contributed by atoms with Gasteiger partial charge in [-0.25, -0.2) is 4.98 Å². The highest BCUT2D eigenvalue weighted by atomic mass is 15.1. The molecule has 0 aliphatic carbocycles. The van der Waals surface area contributed by atoms with Crippen LogP contribution in [0.1, 0.15) is 19.4 Å². The summed E-state index contributed by atoms with van der Waals surface area (Å²) in [6.07, 6.45) is 3.34. The number of rotatable bonds is 3. The molecule has 3 rings (SSSR count). The molecule has 0 amide bonds. The van der Waals surface area contributed by atoms with Crippen molar-refractivity contribution in [2.45, 2.75) is 19.9 Å². The van der Waals surface area contributed by atoms with Crippen LogP contribution in [0, 0.1) is 11.3 Å². The van der Waals surface area contributed by atoms with E-state index in [0.717, 1.165) is 16.7 Å². The van der Waals surface area contributed by atoms with Crippen molar-refractivity contribution in [3.8, 4) is 17.5 Å². The van der Waals surface area contributed by atoms with Gasteiger partial charge in [-0.1, -0.05) is 0 Å². The van der Waals surface area contributed by atoms with E-state index in [0.29, 0.717) is 17.0 Å². The van der Waals surface area contributed by atoms with E-state index in [2.05, 4.69) is 45.4 Å². The Bertz CT molecular complexity index is 828. The summed E-state index contributed by atoms with van der Waals surface area (Å²) in [6.45, 7) is 4.10. The summed E-state index contributed by atoms with van der Waals surface area (Å²) < 4.78 is 0. The minimum absolute atomic E-state index is 0.254. The quantitative estimate of drug-likeness (QED) is 0.768. The van der Waals surface area contributed by atoms with Gasteiger partial charge in [0.25, 0.3) is 0 Å². The SMILES string of the molecule is CC(C)Nc1nccc2[nH]nc(-c3cc(C#N)ccn3)c12. The third kappa shape index (κ3) is 2.41. The molecule has 0 atom stereocenters. The predicted molar refractivity (Wildman–Crippen MR) is 80.6 cm³/mol. The Hall–Kier alpha value is -2.94. The molecule has 3 aromatic heterocycles. The van der Waals surface area contributed by atoms with Gasteiger partial charge in [-0.15, -0.1) is 0 Å². The molecular formula is C15H14N6. The zero-order valence-corrected chi connectivity index (χ0v) is 11.8. The molecule has 6 nitrogen and oxygen atoms in total. The van der Waals surface area contributed by atoms with Crippen molar-refractivity contribution in [3.05, 3.63) is 36.2 Å². The summed E-state index contributed by atoms with van der Waals surface area (Å²) in [5.74, 6) is 0.760. The highest BCUT2D eigenvalue weighted by Crippen LogP contribution is 2.30. The molecule has 3 heterocycles. The van der Waals surface area contributed by atoms with Gasteiger partial charge < -0.3 is 5.32 Å². The smallest absolute Gasteiger partial charge is 0.137 e. The maximum atomic E-state index is 9.02. The summed E-state index contributed by atoms with van der Waals surface area (Å²) in [4.78, 5) is 8.70. The zero-order chi connectivity index (χ0) is 14.8. The van der Waals surface area contributed by atoms with Gasteiger partial charge in [0.2, 0.25) is 0 Å². The van der Waals surface area contributed by atoms with E-state index in [1.165, 1.54) is 0 Å². The van der Waals surface area contributed by atoms with E-state index >= 15 is 0 Å². The number of anilines is 1. The third-order valence-corrected chi connectivity index (χ3v) is 3.03. The molecule has 21 heavy (non-hydrogen) atoms. The Morgan fingerprint density at radius 3 is 2.81 bits per heavy atom. The highest BCUT2D eigenvalue weighted by molar-refractivity contribution is 5.99. The van der Waals surface area contributed by atoms with Crippen LogP contribution in [0.4, 0.5) is 5.82 Å². The van der Waals surface area contributed by atoms with Crippen LogP contribution in [0.15, 0.2) is 30.6 Å². The monoisotopic (exact) mass is 278 g/mol. The van der Waals surface area contributed by atoms with E-state index in [1.807, 2.05) is 6.07 Å². The van der Waals surface area contributed by atoms with Gasteiger partial charge in [0, 0.05) is 18.4 Å². The Morgan fingerprint density at radius 1 is 1.24 bits per heavy atom. The van der Waals surface area contributed by atoms with E-state index in [-0.39, 0.29) is 6.04 Å². The molecule has 0 spiro atoms. The van der Waals surface area contributed by atoms with Gasteiger partial charge in [0.1, 0.15) is 11.5 Å². The van der Waals surface area contributed by atoms with Crippen LogP contribution in [0.5, 0.6) is 0 Å². The predicted octanol–water partition coefficient (Wildman–Crippen LogP) is 2.71. The van der Waals surface area contributed by atoms with E-state index < -0.39 is 0 Å². The zero-order valence-electron chi connectivity index (χ0n) is 11.8.